The summed E-state index contributed by atoms with van der Waals surface area (Å²) >= 11 is 4.10. The van der Waals surface area contributed by atoms with Crippen molar-refractivity contribution < 1.29 is 0 Å². The van der Waals surface area contributed by atoms with Crippen LogP contribution in [0.2, 0.25) is 0 Å². The van der Waals surface area contributed by atoms with E-state index in [0.717, 1.165) is 0 Å². The zero-order chi connectivity index (χ0) is 9.47. The molecule has 0 saturated heterocycles. The first-order valence-electron chi connectivity index (χ1n) is 4.77. The van der Waals surface area contributed by atoms with Crippen LogP contribution in [0.3, 0.4) is 0 Å². The predicted octanol–water partition coefficient (Wildman–Crippen LogP) is 3.83. The SMILES string of the molecule is CC(C)(C)c1cc2c(s1)CCSC2. The molecule has 2 rings (SSSR count). The van der Waals surface area contributed by atoms with E-state index in [1.165, 1.54) is 17.9 Å². The topological polar surface area (TPSA) is 0 Å². The number of thiophene rings is 1. The molecule has 2 heterocycles. The van der Waals surface area contributed by atoms with E-state index in [2.05, 4.69) is 38.6 Å². The molecule has 1 aromatic heterocycles. The number of hydrogen-bond acceptors (Lipinski definition) is 2. The molecular weight excluding hydrogens is 196 g/mol. The van der Waals surface area contributed by atoms with Crippen LogP contribution in [0.15, 0.2) is 6.07 Å². The highest BCUT2D eigenvalue weighted by molar-refractivity contribution is 7.98. The van der Waals surface area contributed by atoms with Crippen LogP contribution in [0.1, 0.15) is 36.1 Å². The maximum Gasteiger partial charge on any atom is 0.0195 e. The van der Waals surface area contributed by atoms with Crippen molar-refractivity contribution in [3.05, 3.63) is 21.4 Å². The molecule has 0 atom stereocenters. The molecule has 0 N–H and O–H groups in total. The number of aryl methyl sites for hydroxylation is 1. The van der Waals surface area contributed by atoms with Crippen LogP contribution < -0.4 is 0 Å². The fourth-order valence-electron chi connectivity index (χ4n) is 1.52. The minimum absolute atomic E-state index is 0.340. The van der Waals surface area contributed by atoms with Crippen molar-refractivity contribution in [2.45, 2.75) is 38.4 Å². The zero-order valence-electron chi connectivity index (χ0n) is 8.52. The molecule has 13 heavy (non-hydrogen) atoms. The van der Waals surface area contributed by atoms with Gasteiger partial charge in [0.05, 0.1) is 0 Å². The summed E-state index contributed by atoms with van der Waals surface area (Å²) in [7, 11) is 0. The smallest absolute Gasteiger partial charge is 0.0195 e. The predicted molar refractivity (Wildman–Crippen MR) is 62.9 cm³/mol. The lowest BCUT2D eigenvalue weighted by molar-refractivity contribution is 0.603. The highest BCUT2D eigenvalue weighted by Gasteiger charge is 2.20. The maximum absolute atomic E-state index is 2.42. The average molecular weight is 212 g/mol. The van der Waals surface area contributed by atoms with Crippen molar-refractivity contribution >= 4 is 23.1 Å². The minimum Gasteiger partial charge on any atom is -0.157 e. The molecule has 0 bridgehead atoms. The van der Waals surface area contributed by atoms with E-state index >= 15 is 0 Å². The molecule has 0 saturated carbocycles. The largest absolute Gasteiger partial charge is 0.157 e. The Bertz CT molecular complexity index is 281. The van der Waals surface area contributed by atoms with Gasteiger partial charge in [-0.05, 0) is 29.2 Å². The fourth-order valence-corrected chi connectivity index (χ4v) is 3.95. The van der Waals surface area contributed by atoms with Gasteiger partial charge in [-0.1, -0.05) is 20.8 Å². The van der Waals surface area contributed by atoms with E-state index < -0.39 is 0 Å². The lowest BCUT2D eigenvalue weighted by atomic mass is 9.94. The Morgan fingerprint density at radius 1 is 1.31 bits per heavy atom. The maximum atomic E-state index is 2.42. The molecule has 0 unspecified atom stereocenters. The number of hydrogen-bond donors (Lipinski definition) is 0. The summed E-state index contributed by atoms with van der Waals surface area (Å²) in [6.07, 6.45) is 1.29. The second kappa shape index (κ2) is 3.32. The Hall–Kier alpha value is 0.0500. The first-order valence-corrected chi connectivity index (χ1v) is 6.74. The Morgan fingerprint density at radius 2 is 2.08 bits per heavy atom. The summed E-state index contributed by atoms with van der Waals surface area (Å²) in [6.45, 7) is 6.91. The molecule has 0 radical (unpaired) electrons. The van der Waals surface area contributed by atoms with E-state index in [4.69, 9.17) is 0 Å². The zero-order valence-corrected chi connectivity index (χ0v) is 10.1. The van der Waals surface area contributed by atoms with Gasteiger partial charge in [-0.3, -0.25) is 0 Å². The van der Waals surface area contributed by atoms with Crippen LogP contribution >= 0.6 is 23.1 Å². The van der Waals surface area contributed by atoms with Crippen molar-refractivity contribution in [1.29, 1.82) is 0 Å². The van der Waals surface area contributed by atoms with Gasteiger partial charge in [0.1, 0.15) is 0 Å². The lowest BCUT2D eigenvalue weighted by Gasteiger charge is -2.15. The second-order valence-corrected chi connectivity index (χ2v) is 6.85. The number of rotatable bonds is 0. The van der Waals surface area contributed by atoms with E-state index in [0.29, 0.717) is 5.41 Å². The van der Waals surface area contributed by atoms with Crippen molar-refractivity contribution in [1.82, 2.24) is 0 Å². The second-order valence-electron chi connectivity index (χ2n) is 4.61. The fraction of sp³-hybridized carbons (Fsp3) is 0.636. The van der Waals surface area contributed by atoms with Crippen LogP contribution in [0.25, 0.3) is 0 Å². The van der Waals surface area contributed by atoms with Crippen LogP contribution in [0.4, 0.5) is 0 Å². The van der Waals surface area contributed by atoms with Gasteiger partial charge in [0.15, 0.2) is 0 Å². The molecule has 0 aliphatic carbocycles. The Labute approximate surface area is 88.7 Å². The quantitative estimate of drug-likeness (QED) is 0.630. The van der Waals surface area contributed by atoms with E-state index in [-0.39, 0.29) is 0 Å². The van der Waals surface area contributed by atoms with Gasteiger partial charge >= 0.3 is 0 Å². The average Bonchev–Trinajstić information content (AvgIpc) is 2.45. The van der Waals surface area contributed by atoms with Gasteiger partial charge in [-0.15, -0.1) is 11.3 Å². The van der Waals surface area contributed by atoms with Crippen molar-refractivity contribution in [3.8, 4) is 0 Å². The molecule has 1 aliphatic heterocycles. The highest BCUT2D eigenvalue weighted by atomic mass is 32.2. The third kappa shape index (κ3) is 1.94. The van der Waals surface area contributed by atoms with Crippen LogP contribution in [-0.4, -0.2) is 5.75 Å². The van der Waals surface area contributed by atoms with Crippen LogP contribution in [0.5, 0.6) is 0 Å². The van der Waals surface area contributed by atoms with E-state index in [9.17, 15) is 0 Å². The Kier molecular flexibility index (Phi) is 2.45. The molecule has 1 aromatic rings. The lowest BCUT2D eigenvalue weighted by Crippen LogP contribution is -2.07. The first-order chi connectivity index (χ1) is 6.07. The third-order valence-corrected chi connectivity index (χ3v) is 5.04. The molecule has 0 spiro atoms. The normalized spacial score (nSPS) is 17.2. The summed E-state index contributed by atoms with van der Waals surface area (Å²) in [5.41, 5.74) is 1.94. The summed E-state index contributed by atoms with van der Waals surface area (Å²) in [6, 6.07) is 2.42. The third-order valence-electron chi connectivity index (χ3n) is 2.37. The van der Waals surface area contributed by atoms with Gasteiger partial charge in [-0.2, -0.15) is 11.8 Å². The van der Waals surface area contributed by atoms with E-state index in [1.807, 2.05) is 11.3 Å². The molecule has 0 nitrogen and oxygen atoms in total. The molecule has 2 heteroatoms. The standard InChI is InChI=1S/C11H16S2/c1-11(2,3)10-6-8-7-12-5-4-9(8)13-10/h6H,4-5,7H2,1-3H3. The molecular formula is C11H16S2. The number of thioether (sulfide) groups is 1. The van der Waals surface area contributed by atoms with Crippen LogP contribution in [0, 0.1) is 0 Å². The van der Waals surface area contributed by atoms with Crippen molar-refractivity contribution in [3.63, 3.8) is 0 Å². The summed E-state index contributed by atoms with van der Waals surface area (Å²) in [5.74, 6) is 2.55. The molecule has 0 amide bonds. The van der Waals surface area contributed by atoms with Gasteiger partial charge < -0.3 is 0 Å². The van der Waals surface area contributed by atoms with Gasteiger partial charge in [0, 0.05) is 15.5 Å². The summed E-state index contributed by atoms with van der Waals surface area (Å²) in [4.78, 5) is 3.20. The molecule has 0 aromatic carbocycles. The minimum atomic E-state index is 0.340. The van der Waals surface area contributed by atoms with Gasteiger partial charge in [0.25, 0.3) is 0 Å². The van der Waals surface area contributed by atoms with Gasteiger partial charge in [0.2, 0.25) is 0 Å². The number of fused-ring (bicyclic) bond motifs is 1. The van der Waals surface area contributed by atoms with Crippen molar-refractivity contribution in [2.24, 2.45) is 0 Å². The summed E-state index contributed by atoms with van der Waals surface area (Å²) in [5, 5.41) is 0. The van der Waals surface area contributed by atoms with Crippen LogP contribution in [-0.2, 0) is 17.6 Å². The monoisotopic (exact) mass is 212 g/mol. The molecule has 72 valence electrons. The molecule has 0 fully saturated rings. The Balaban J connectivity index is 2.36. The van der Waals surface area contributed by atoms with Crippen molar-refractivity contribution in [2.75, 3.05) is 5.75 Å². The highest BCUT2D eigenvalue weighted by Crippen LogP contribution is 2.37. The molecule has 1 aliphatic rings. The Morgan fingerprint density at radius 3 is 2.69 bits per heavy atom. The first kappa shape index (κ1) is 9.60. The summed E-state index contributed by atoms with van der Waals surface area (Å²) < 4.78 is 0. The van der Waals surface area contributed by atoms with Gasteiger partial charge in [-0.25, -0.2) is 0 Å². The van der Waals surface area contributed by atoms with E-state index in [1.54, 1.807) is 15.3 Å².